The molecule has 1 unspecified atom stereocenters. The van der Waals surface area contributed by atoms with Crippen molar-refractivity contribution in [2.75, 3.05) is 31.3 Å². The highest BCUT2D eigenvalue weighted by Gasteiger charge is 2.29. The number of rotatable bonds is 3. The third-order valence-corrected chi connectivity index (χ3v) is 4.93. The Kier molecular flexibility index (Phi) is 4.05. The Morgan fingerprint density at radius 3 is 2.68 bits per heavy atom. The van der Waals surface area contributed by atoms with Gasteiger partial charge in [-0.25, -0.2) is 17.7 Å². The maximum Gasteiger partial charge on any atom is 0.211 e. The Balaban J connectivity index is 2.16. The van der Waals surface area contributed by atoms with E-state index in [2.05, 4.69) is 14.9 Å². The molecule has 2 rings (SSSR count). The van der Waals surface area contributed by atoms with Gasteiger partial charge in [-0.05, 0) is 19.8 Å². The second-order valence-electron chi connectivity index (χ2n) is 4.99. The van der Waals surface area contributed by atoms with Crippen LogP contribution in [0.3, 0.4) is 0 Å². The zero-order valence-electron chi connectivity index (χ0n) is 11.6. The van der Waals surface area contributed by atoms with Crippen LogP contribution < -0.4 is 4.90 Å². The molecule has 0 aliphatic carbocycles. The van der Waals surface area contributed by atoms with Crippen molar-refractivity contribution in [1.82, 2.24) is 14.3 Å². The van der Waals surface area contributed by atoms with Gasteiger partial charge in [-0.15, -0.1) is 0 Å². The van der Waals surface area contributed by atoms with Crippen LogP contribution in [0.4, 0.5) is 5.82 Å². The second kappa shape index (κ2) is 5.42. The molecular weight excluding hydrogens is 264 g/mol. The lowest BCUT2D eigenvalue weighted by molar-refractivity contribution is 0.321. The minimum absolute atomic E-state index is 0.00477. The van der Waals surface area contributed by atoms with Crippen molar-refractivity contribution in [3.8, 4) is 0 Å². The van der Waals surface area contributed by atoms with Crippen molar-refractivity contribution in [3.05, 3.63) is 18.1 Å². The SMILES string of the molecule is Cc1nccnc1N1CCCC(N(C)S(C)(=O)=O)C1. The van der Waals surface area contributed by atoms with Gasteiger partial charge in [0.05, 0.1) is 11.9 Å². The van der Waals surface area contributed by atoms with Gasteiger partial charge in [0, 0.05) is 38.6 Å². The molecule has 1 aromatic rings. The largest absolute Gasteiger partial charge is 0.354 e. The predicted octanol–water partition coefficient (Wildman–Crippen LogP) is 0.645. The standard InChI is InChI=1S/C12H20N4O2S/c1-10-12(14-7-6-13-10)16-8-4-5-11(9-16)15(2)19(3,17)18/h6-7,11H,4-5,8-9H2,1-3H3. The van der Waals surface area contributed by atoms with Gasteiger partial charge in [-0.3, -0.25) is 4.98 Å². The molecular formula is C12H20N4O2S. The zero-order chi connectivity index (χ0) is 14.0. The molecule has 0 aromatic carbocycles. The van der Waals surface area contributed by atoms with Gasteiger partial charge in [0.15, 0.2) is 0 Å². The van der Waals surface area contributed by atoms with Crippen molar-refractivity contribution in [3.63, 3.8) is 0 Å². The zero-order valence-corrected chi connectivity index (χ0v) is 12.4. The summed E-state index contributed by atoms with van der Waals surface area (Å²) >= 11 is 0. The van der Waals surface area contributed by atoms with Gasteiger partial charge < -0.3 is 4.90 Å². The molecule has 1 aromatic heterocycles. The summed E-state index contributed by atoms with van der Waals surface area (Å²) < 4.78 is 24.7. The van der Waals surface area contributed by atoms with Crippen molar-refractivity contribution >= 4 is 15.8 Å². The Morgan fingerprint density at radius 1 is 1.37 bits per heavy atom. The van der Waals surface area contributed by atoms with Gasteiger partial charge in [-0.2, -0.15) is 0 Å². The van der Waals surface area contributed by atoms with Crippen LogP contribution >= 0.6 is 0 Å². The van der Waals surface area contributed by atoms with E-state index < -0.39 is 10.0 Å². The molecule has 106 valence electrons. The van der Waals surface area contributed by atoms with Gasteiger partial charge in [0.25, 0.3) is 0 Å². The molecule has 0 saturated carbocycles. The molecule has 7 heteroatoms. The highest BCUT2D eigenvalue weighted by molar-refractivity contribution is 7.88. The summed E-state index contributed by atoms with van der Waals surface area (Å²) in [6, 6.07) is 0.00477. The van der Waals surface area contributed by atoms with Crippen molar-refractivity contribution < 1.29 is 8.42 Å². The fourth-order valence-electron chi connectivity index (χ4n) is 2.43. The third-order valence-electron chi connectivity index (χ3n) is 3.59. The second-order valence-corrected chi connectivity index (χ2v) is 7.03. The first-order valence-electron chi connectivity index (χ1n) is 6.35. The lowest BCUT2D eigenvalue weighted by Crippen LogP contribution is -2.48. The molecule has 6 nitrogen and oxygen atoms in total. The fourth-order valence-corrected chi connectivity index (χ4v) is 3.14. The van der Waals surface area contributed by atoms with Crippen molar-refractivity contribution in [2.45, 2.75) is 25.8 Å². The van der Waals surface area contributed by atoms with Crippen molar-refractivity contribution in [2.24, 2.45) is 0 Å². The van der Waals surface area contributed by atoms with Crippen LogP contribution in [0.5, 0.6) is 0 Å². The minimum atomic E-state index is -3.15. The van der Waals surface area contributed by atoms with Crippen LogP contribution in [0.2, 0.25) is 0 Å². The molecule has 1 saturated heterocycles. The van der Waals surface area contributed by atoms with E-state index >= 15 is 0 Å². The summed E-state index contributed by atoms with van der Waals surface area (Å²) in [5.41, 5.74) is 0.880. The van der Waals surface area contributed by atoms with Crippen LogP contribution in [-0.2, 0) is 10.0 Å². The van der Waals surface area contributed by atoms with Gasteiger partial charge in [-0.1, -0.05) is 0 Å². The molecule has 2 heterocycles. The molecule has 0 N–H and O–H groups in total. The van der Waals surface area contributed by atoms with Crippen LogP contribution in [0.25, 0.3) is 0 Å². The van der Waals surface area contributed by atoms with E-state index in [1.165, 1.54) is 10.6 Å². The highest BCUT2D eigenvalue weighted by Crippen LogP contribution is 2.22. The molecule has 0 amide bonds. The number of hydrogen-bond acceptors (Lipinski definition) is 5. The maximum atomic E-state index is 11.6. The third kappa shape index (κ3) is 3.22. The molecule has 1 fully saturated rings. The average Bonchev–Trinajstić information content (AvgIpc) is 2.37. The number of hydrogen-bond donors (Lipinski definition) is 0. The Hall–Kier alpha value is -1.21. The first-order valence-corrected chi connectivity index (χ1v) is 8.20. The molecule has 19 heavy (non-hydrogen) atoms. The molecule has 1 aliphatic rings. The lowest BCUT2D eigenvalue weighted by atomic mass is 10.1. The maximum absolute atomic E-state index is 11.6. The van der Waals surface area contributed by atoms with E-state index in [-0.39, 0.29) is 6.04 Å². The summed E-state index contributed by atoms with van der Waals surface area (Å²) in [7, 11) is -1.50. The summed E-state index contributed by atoms with van der Waals surface area (Å²) in [6.07, 6.45) is 6.44. The monoisotopic (exact) mass is 284 g/mol. The summed E-state index contributed by atoms with van der Waals surface area (Å²) in [6.45, 7) is 3.49. The minimum Gasteiger partial charge on any atom is -0.354 e. The van der Waals surface area contributed by atoms with Crippen LogP contribution in [0.1, 0.15) is 18.5 Å². The van der Waals surface area contributed by atoms with Crippen LogP contribution in [0, 0.1) is 6.92 Å². The number of piperidine rings is 1. The smallest absolute Gasteiger partial charge is 0.211 e. The summed E-state index contributed by atoms with van der Waals surface area (Å²) in [5.74, 6) is 0.856. The Bertz CT molecular complexity index is 546. The average molecular weight is 284 g/mol. The first kappa shape index (κ1) is 14.2. The molecule has 1 atom stereocenters. The van der Waals surface area contributed by atoms with E-state index in [9.17, 15) is 8.42 Å². The van der Waals surface area contributed by atoms with E-state index in [1.54, 1.807) is 19.4 Å². The highest BCUT2D eigenvalue weighted by atomic mass is 32.2. The number of likely N-dealkylation sites (N-methyl/N-ethyl adjacent to an activating group) is 1. The van der Waals surface area contributed by atoms with Crippen LogP contribution in [0.15, 0.2) is 12.4 Å². The summed E-state index contributed by atoms with van der Waals surface area (Å²) in [5, 5.41) is 0. The number of aromatic nitrogens is 2. The Morgan fingerprint density at radius 2 is 2.05 bits per heavy atom. The quantitative estimate of drug-likeness (QED) is 0.815. The first-order chi connectivity index (χ1) is 8.89. The normalized spacial score (nSPS) is 20.8. The van der Waals surface area contributed by atoms with E-state index in [1.807, 2.05) is 6.92 Å². The topological polar surface area (TPSA) is 66.4 Å². The molecule has 0 radical (unpaired) electrons. The lowest BCUT2D eigenvalue weighted by Gasteiger charge is -2.37. The van der Waals surface area contributed by atoms with Crippen molar-refractivity contribution in [1.29, 1.82) is 0 Å². The Labute approximate surface area is 114 Å². The summed E-state index contributed by atoms with van der Waals surface area (Å²) in [4.78, 5) is 10.7. The fraction of sp³-hybridized carbons (Fsp3) is 0.667. The number of nitrogens with zero attached hydrogens (tertiary/aromatic N) is 4. The molecule has 0 bridgehead atoms. The van der Waals surface area contributed by atoms with Gasteiger partial charge in [0.1, 0.15) is 5.82 Å². The van der Waals surface area contributed by atoms with Gasteiger partial charge >= 0.3 is 0 Å². The number of anilines is 1. The van der Waals surface area contributed by atoms with E-state index in [0.29, 0.717) is 6.54 Å². The van der Waals surface area contributed by atoms with E-state index in [0.717, 1.165) is 30.9 Å². The molecule has 0 spiro atoms. The molecule has 1 aliphatic heterocycles. The number of aryl methyl sites for hydroxylation is 1. The van der Waals surface area contributed by atoms with Crippen LogP contribution in [-0.4, -0.2) is 55.1 Å². The van der Waals surface area contributed by atoms with E-state index in [4.69, 9.17) is 0 Å². The predicted molar refractivity (Wildman–Crippen MR) is 74.6 cm³/mol. The number of sulfonamides is 1. The van der Waals surface area contributed by atoms with Gasteiger partial charge in [0.2, 0.25) is 10.0 Å².